The molecule has 4 nitrogen and oxygen atoms in total. The van der Waals surface area contributed by atoms with Crippen molar-refractivity contribution in [2.75, 3.05) is 13.1 Å². The number of hydrogen-bond acceptors (Lipinski definition) is 4. The lowest BCUT2D eigenvalue weighted by Crippen LogP contribution is -2.38. The van der Waals surface area contributed by atoms with Gasteiger partial charge in [-0.05, 0) is 26.8 Å². The van der Waals surface area contributed by atoms with Crippen molar-refractivity contribution in [3.63, 3.8) is 0 Å². The molecule has 0 aromatic rings. The van der Waals surface area contributed by atoms with Crippen LogP contribution in [0.25, 0.3) is 0 Å². The molecule has 2 saturated heterocycles. The Morgan fingerprint density at radius 3 is 2.93 bits per heavy atom. The fourth-order valence-electron chi connectivity index (χ4n) is 2.38. The molecule has 2 rings (SSSR count). The number of hydrogen-bond donors (Lipinski definition) is 2. The highest BCUT2D eigenvalue weighted by Crippen LogP contribution is 2.25. The quantitative estimate of drug-likeness (QED) is 0.608. The highest BCUT2D eigenvalue weighted by Gasteiger charge is 2.43. The number of rotatable bonds is 2. The number of ether oxygens (including phenoxy) is 1. The molecule has 2 fully saturated rings. The fraction of sp³-hybridized carbons (Fsp3) is 0.900. The van der Waals surface area contributed by atoms with Crippen LogP contribution in [0.5, 0.6) is 0 Å². The molecule has 0 aliphatic carbocycles. The van der Waals surface area contributed by atoms with Crippen LogP contribution in [0, 0.1) is 5.92 Å². The van der Waals surface area contributed by atoms with Gasteiger partial charge in [-0.25, -0.2) is 0 Å². The van der Waals surface area contributed by atoms with Crippen molar-refractivity contribution in [3.8, 4) is 0 Å². The summed E-state index contributed by atoms with van der Waals surface area (Å²) in [6, 6.07) is 0.386. The van der Waals surface area contributed by atoms with E-state index in [2.05, 4.69) is 10.6 Å². The van der Waals surface area contributed by atoms with Gasteiger partial charge < -0.3 is 15.4 Å². The molecule has 0 saturated carbocycles. The van der Waals surface area contributed by atoms with E-state index in [1.54, 1.807) is 0 Å². The lowest BCUT2D eigenvalue weighted by molar-refractivity contribution is -0.150. The molecule has 0 aromatic carbocycles. The van der Waals surface area contributed by atoms with Gasteiger partial charge in [-0.15, -0.1) is 0 Å². The van der Waals surface area contributed by atoms with Crippen LogP contribution in [0.3, 0.4) is 0 Å². The molecule has 0 radical (unpaired) electrons. The van der Waals surface area contributed by atoms with Gasteiger partial charge in [0.2, 0.25) is 0 Å². The van der Waals surface area contributed by atoms with Gasteiger partial charge in [-0.1, -0.05) is 0 Å². The summed E-state index contributed by atoms with van der Waals surface area (Å²) in [6.07, 6.45) is 1.06. The molecule has 0 spiro atoms. The number of esters is 1. The molecule has 0 aromatic heterocycles. The third kappa shape index (κ3) is 1.77. The van der Waals surface area contributed by atoms with Gasteiger partial charge in [-0.3, -0.25) is 4.79 Å². The largest absolute Gasteiger partial charge is 0.462 e. The molecule has 0 amide bonds. The van der Waals surface area contributed by atoms with Crippen molar-refractivity contribution in [2.24, 2.45) is 5.92 Å². The molecule has 0 unspecified atom stereocenters. The maximum atomic E-state index is 11.7. The van der Waals surface area contributed by atoms with E-state index in [0.717, 1.165) is 19.5 Å². The topological polar surface area (TPSA) is 50.4 Å². The second kappa shape index (κ2) is 3.87. The van der Waals surface area contributed by atoms with Crippen molar-refractivity contribution in [1.29, 1.82) is 0 Å². The summed E-state index contributed by atoms with van der Waals surface area (Å²) in [7, 11) is 0. The van der Waals surface area contributed by atoms with E-state index in [-0.39, 0.29) is 18.1 Å². The average Bonchev–Trinajstić information content (AvgIpc) is 2.59. The molecule has 14 heavy (non-hydrogen) atoms. The molecule has 2 aliphatic rings. The van der Waals surface area contributed by atoms with Crippen LogP contribution in [-0.4, -0.2) is 37.2 Å². The maximum Gasteiger partial charge on any atom is 0.323 e. The summed E-state index contributed by atoms with van der Waals surface area (Å²) in [5.41, 5.74) is 0. The van der Waals surface area contributed by atoms with E-state index in [9.17, 15) is 4.79 Å². The Hall–Kier alpha value is -0.610. The molecule has 2 N–H and O–H groups in total. The first-order valence-corrected chi connectivity index (χ1v) is 5.35. The fourth-order valence-corrected chi connectivity index (χ4v) is 2.38. The highest BCUT2D eigenvalue weighted by molar-refractivity contribution is 5.77. The minimum Gasteiger partial charge on any atom is -0.462 e. The first-order chi connectivity index (χ1) is 6.68. The van der Waals surface area contributed by atoms with Crippen LogP contribution in [-0.2, 0) is 9.53 Å². The number of nitrogens with one attached hydrogen (secondary N) is 2. The van der Waals surface area contributed by atoms with E-state index in [1.165, 1.54) is 0 Å². The van der Waals surface area contributed by atoms with Crippen LogP contribution in [0.15, 0.2) is 0 Å². The molecule has 2 aliphatic heterocycles. The lowest BCUT2D eigenvalue weighted by Gasteiger charge is -2.17. The van der Waals surface area contributed by atoms with Gasteiger partial charge in [0.15, 0.2) is 0 Å². The van der Waals surface area contributed by atoms with Crippen LogP contribution in [0.2, 0.25) is 0 Å². The Morgan fingerprint density at radius 1 is 1.43 bits per heavy atom. The van der Waals surface area contributed by atoms with E-state index >= 15 is 0 Å². The number of carbonyl (C=O) groups excluding carboxylic acids is 1. The van der Waals surface area contributed by atoms with Gasteiger partial charge in [0.25, 0.3) is 0 Å². The smallest absolute Gasteiger partial charge is 0.323 e. The zero-order chi connectivity index (χ0) is 10.1. The van der Waals surface area contributed by atoms with Crippen LogP contribution in [0.1, 0.15) is 20.3 Å². The average molecular weight is 198 g/mol. The summed E-state index contributed by atoms with van der Waals surface area (Å²) in [6.45, 7) is 5.69. The summed E-state index contributed by atoms with van der Waals surface area (Å²) in [5, 5.41) is 6.61. The highest BCUT2D eigenvalue weighted by atomic mass is 16.5. The van der Waals surface area contributed by atoms with Crippen LogP contribution < -0.4 is 10.6 Å². The predicted molar refractivity (Wildman–Crippen MR) is 52.9 cm³/mol. The molecule has 80 valence electrons. The molecule has 3 atom stereocenters. The Kier molecular flexibility index (Phi) is 2.74. The zero-order valence-corrected chi connectivity index (χ0v) is 8.75. The monoisotopic (exact) mass is 198 g/mol. The van der Waals surface area contributed by atoms with Crippen molar-refractivity contribution in [1.82, 2.24) is 10.6 Å². The second-order valence-electron chi connectivity index (χ2n) is 4.38. The van der Waals surface area contributed by atoms with Crippen molar-refractivity contribution in [3.05, 3.63) is 0 Å². The van der Waals surface area contributed by atoms with E-state index in [0.29, 0.717) is 12.0 Å². The summed E-state index contributed by atoms with van der Waals surface area (Å²) in [5.74, 6) is 0.345. The minimum atomic E-state index is -0.0869. The van der Waals surface area contributed by atoms with Crippen molar-refractivity contribution >= 4 is 5.97 Å². The number of carbonyl (C=O) groups is 1. The number of fused-ring (bicyclic) bond motifs is 1. The Bertz CT molecular complexity index is 230. The van der Waals surface area contributed by atoms with Gasteiger partial charge in [0.1, 0.15) is 6.04 Å². The first kappa shape index (κ1) is 9.93. The molecular formula is C10H18N2O2. The molecule has 2 heterocycles. The Labute approximate surface area is 84.4 Å². The molecule has 0 bridgehead atoms. The van der Waals surface area contributed by atoms with Crippen LogP contribution in [0.4, 0.5) is 0 Å². The predicted octanol–water partition coefficient (Wildman–Crippen LogP) is -0.112. The lowest BCUT2D eigenvalue weighted by atomic mass is 9.97. The van der Waals surface area contributed by atoms with Crippen molar-refractivity contribution < 1.29 is 9.53 Å². The normalized spacial score (nSPS) is 36.1. The summed E-state index contributed by atoms with van der Waals surface area (Å²) >= 11 is 0. The van der Waals surface area contributed by atoms with E-state index in [4.69, 9.17) is 4.74 Å². The van der Waals surface area contributed by atoms with Gasteiger partial charge >= 0.3 is 5.97 Å². The Morgan fingerprint density at radius 2 is 2.21 bits per heavy atom. The van der Waals surface area contributed by atoms with Crippen LogP contribution >= 0.6 is 0 Å². The summed E-state index contributed by atoms with van der Waals surface area (Å²) < 4.78 is 5.21. The second-order valence-corrected chi connectivity index (χ2v) is 4.38. The minimum absolute atomic E-state index is 0.0160. The Balaban J connectivity index is 1.94. The van der Waals surface area contributed by atoms with Crippen molar-refractivity contribution in [2.45, 2.75) is 38.5 Å². The third-order valence-corrected chi connectivity index (χ3v) is 2.99. The third-order valence-electron chi connectivity index (χ3n) is 2.99. The SMILES string of the molecule is CC(C)OC(=O)[C@@H]1NC[C@@H]2NCC[C@@H]21. The van der Waals surface area contributed by atoms with Gasteiger partial charge in [-0.2, -0.15) is 0 Å². The summed E-state index contributed by atoms with van der Waals surface area (Å²) in [4.78, 5) is 11.7. The maximum absolute atomic E-state index is 11.7. The molecular weight excluding hydrogens is 180 g/mol. The van der Waals surface area contributed by atoms with Gasteiger partial charge in [0.05, 0.1) is 6.10 Å². The zero-order valence-electron chi connectivity index (χ0n) is 8.75. The van der Waals surface area contributed by atoms with E-state index < -0.39 is 0 Å². The first-order valence-electron chi connectivity index (χ1n) is 5.35. The molecule has 4 heteroatoms. The van der Waals surface area contributed by atoms with Gasteiger partial charge in [0, 0.05) is 18.5 Å². The van der Waals surface area contributed by atoms with E-state index in [1.807, 2.05) is 13.8 Å². The standard InChI is InChI=1S/C10H18N2O2/c1-6(2)14-10(13)9-7-3-4-11-8(7)5-12-9/h6-9,11-12H,3-5H2,1-2H3/t7-,8-,9+/m0/s1.